The summed E-state index contributed by atoms with van der Waals surface area (Å²) in [4.78, 5) is 41.5. The SMILES string of the molecule is COC(=O)/C(=C(\C(=O)OC)N1C(=CC=C2C=CC(=O)C=C2)C(C)(C)c2ccccc21)C1c2ccccc2-c2ccccc21. The van der Waals surface area contributed by atoms with Gasteiger partial charge in [0.2, 0.25) is 0 Å². The number of methoxy groups -OCH3 is 2. The molecule has 3 aliphatic rings. The van der Waals surface area contributed by atoms with Crippen LogP contribution in [0.15, 0.2) is 132 Å². The molecule has 6 heteroatoms. The van der Waals surface area contributed by atoms with Crippen LogP contribution >= 0.6 is 0 Å². The summed E-state index contributed by atoms with van der Waals surface area (Å²) in [6.45, 7) is 4.16. The Morgan fingerprint density at radius 1 is 0.744 bits per heavy atom. The molecule has 0 atom stereocenters. The lowest BCUT2D eigenvalue weighted by Gasteiger charge is -2.30. The van der Waals surface area contributed by atoms with Crippen LogP contribution in [0.3, 0.4) is 0 Å². The molecule has 0 N–H and O–H groups in total. The first kappa shape index (κ1) is 27.9. The molecule has 2 aliphatic carbocycles. The van der Waals surface area contributed by atoms with E-state index < -0.39 is 23.3 Å². The zero-order chi connectivity index (χ0) is 30.3. The molecule has 43 heavy (non-hydrogen) atoms. The molecule has 3 aromatic carbocycles. The van der Waals surface area contributed by atoms with Crippen LogP contribution in [0.25, 0.3) is 11.1 Å². The molecule has 0 saturated carbocycles. The Morgan fingerprint density at radius 3 is 1.91 bits per heavy atom. The van der Waals surface area contributed by atoms with E-state index in [2.05, 4.69) is 13.8 Å². The van der Waals surface area contributed by atoms with E-state index in [-0.39, 0.29) is 17.1 Å². The predicted molar refractivity (Wildman–Crippen MR) is 166 cm³/mol. The van der Waals surface area contributed by atoms with Crippen molar-refractivity contribution in [2.75, 3.05) is 19.1 Å². The molecule has 6 rings (SSSR count). The Kier molecular flexibility index (Phi) is 7.06. The zero-order valence-electron chi connectivity index (χ0n) is 24.5. The second-order valence-electron chi connectivity index (χ2n) is 11.1. The molecule has 0 aromatic heterocycles. The van der Waals surface area contributed by atoms with Crippen molar-refractivity contribution in [1.29, 1.82) is 0 Å². The van der Waals surface area contributed by atoms with Gasteiger partial charge in [0.1, 0.15) is 5.70 Å². The second-order valence-corrected chi connectivity index (χ2v) is 11.1. The maximum Gasteiger partial charge on any atom is 0.355 e. The number of carbonyl (C=O) groups is 3. The third kappa shape index (κ3) is 4.56. The van der Waals surface area contributed by atoms with Crippen LogP contribution < -0.4 is 4.90 Å². The van der Waals surface area contributed by atoms with Crippen LogP contribution in [0, 0.1) is 0 Å². The third-order valence-corrected chi connectivity index (χ3v) is 8.40. The highest BCUT2D eigenvalue weighted by Crippen LogP contribution is 2.53. The number of hydrogen-bond donors (Lipinski definition) is 0. The average molecular weight is 570 g/mol. The smallest absolute Gasteiger partial charge is 0.355 e. The summed E-state index contributed by atoms with van der Waals surface area (Å²) < 4.78 is 10.8. The van der Waals surface area contributed by atoms with Crippen LogP contribution in [0.1, 0.15) is 36.5 Å². The predicted octanol–water partition coefficient (Wildman–Crippen LogP) is 6.70. The van der Waals surface area contributed by atoms with Crippen LogP contribution in [-0.4, -0.2) is 31.9 Å². The minimum atomic E-state index is -0.656. The highest BCUT2D eigenvalue weighted by Gasteiger charge is 2.47. The normalized spacial score (nSPS) is 17.8. The first-order chi connectivity index (χ1) is 20.8. The van der Waals surface area contributed by atoms with Crippen molar-refractivity contribution in [2.24, 2.45) is 0 Å². The molecule has 0 fully saturated rings. The number of allylic oxidation sites excluding steroid dienone is 8. The molecular formula is C37H31NO5. The number of rotatable bonds is 5. The molecule has 0 spiro atoms. The van der Waals surface area contributed by atoms with Crippen LogP contribution in [0.4, 0.5) is 5.69 Å². The Labute approximate surface area is 250 Å². The van der Waals surface area contributed by atoms with Gasteiger partial charge in [-0.3, -0.25) is 4.79 Å². The van der Waals surface area contributed by atoms with Crippen LogP contribution in [-0.2, 0) is 29.3 Å². The van der Waals surface area contributed by atoms with Gasteiger partial charge < -0.3 is 14.4 Å². The molecule has 3 aromatic rings. The van der Waals surface area contributed by atoms with E-state index in [4.69, 9.17) is 9.47 Å². The van der Waals surface area contributed by atoms with Crippen LogP contribution in [0.5, 0.6) is 0 Å². The minimum absolute atomic E-state index is 0.0733. The van der Waals surface area contributed by atoms with Crippen LogP contribution in [0.2, 0.25) is 0 Å². The lowest BCUT2D eigenvalue weighted by molar-refractivity contribution is -0.139. The largest absolute Gasteiger partial charge is 0.466 e. The molecule has 1 heterocycles. The van der Waals surface area contributed by atoms with Gasteiger partial charge >= 0.3 is 11.9 Å². The van der Waals surface area contributed by atoms with Crippen molar-refractivity contribution in [3.05, 3.63) is 148 Å². The lowest BCUT2D eigenvalue weighted by Crippen LogP contribution is -2.33. The first-order valence-electron chi connectivity index (χ1n) is 14.1. The highest BCUT2D eigenvalue weighted by molar-refractivity contribution is 6.07. The Morgan fingerprint density at radius 2 is 1.30 bits per heavy atom. The van der Waals surface area contributed by atoms with Crippen molar-refractivity contribution in [2.45, 2.75) is 25.2 Å². The standard InChI is InChI=1S/C37H31NO5/c1-37(2)29-15-9-10-16-30(29)38(31(37)22-19-23-17-20-24(39)21-18-23)34(36(41)43-4)33(35(40)42-3)32-27-13-7-5-11-25(27)26-12-6-8-14-28(26)32/h5-22,32H,1-4H3/b31-22?,34-33+. The molecule has 0 amide bonds. The fourth-order valence-electron chi connectivity index (χ4n) is 6.37. The van der Waals surface area contributed by atoms with E-state index in [1.165, 1.54) is 26.4 Å². The molecule has 0 saturated heterocycles. The van der Waals surface area contributed by atoms with E-state index >= 15 is 0 Å². The van der Waals surface area contributed by atoms with Crippen molar-refractivity contribution < 1.29 is 23.9 Å². The summed E-state index contributed by atoms with van der Waals surface area (Å²) in [5, 5.41) is 0. The lowest BCUT2D eigenvalue weighted by atomic mass is 9.83. The summed E-state index contributed by atoms with van der Waals surface area (Å²) in [5.74, 6) is -1.92. The minimum Gasteiger partial charge on any atom is -0.466 e. The number of carbonyl (C=O) groups excluding carboxylic acids is 3. The van der Waals surface area contributed by atoms with E-state index in [0.717, 1.165) is 44.8 Å². The van der Waals surface area contributed by atoms with E-state index in [0.29, 0.717) is 0 Å². The Balaban J connectivity index is 1.68. The first-order valence-corrected chi connectivity index (χ1v) is 14.1. The molecule has 0 radical (unpaired) electrons. The zero-order valence-corrected chi connectivity index (χ0v) is 24.5. The summed E-state index contributed by atoms with van der Waals surface area (Å²) in [6.07, 6.45) is 10.4. The van der Waals surface area contributed by atoms with Gasteiger partial charge in [0.05, 0.1) is 25.5 Å². The van der Waals surface area contributed by atoms with E-state index in [9.17, 15) is 14.4 Å². The van der Waals surface area contributed by atoms with Gasteiger partial charge in [-0.05, 0) is 57.7 Å². The number of hydrogen-bond acceptors (Lipinski definition) is 6. The quantitative estimate of drug-likeness (QED) is 0.252. The topological polar surface area (TPSA) is 72.9 Å². The number of fused-ring (bicyclic) bond motifs is 4. The summed E-state index contributed by atoms with van der Waals surface area (Å²) in [5.41, 5.74) is 6.90. The van der Waals surface area contributed by atoms with Gasteiger partial charge in [0.15, 0.2) is 5.78 Å². The third-order valence-electron chi connectivity index (χ3n) is 8.40. The molecular weight excluding hydrogens is 538 g/mol. The van der Waals surface area contributed by atoms with Gasteiger partial charge in [0, 0.05) is 17.0 Å². The number of benzene rings is 3. The number of ketones is 1. The highest BCUT2D eigenvalue weighted by atomic mass is 16.5. The van der Waals surface area contributed by atoms with Gasteiger partial charge in [-0.2, -0.15) is 0 Å². The average Bonchev–Trinajstić information content (AvgIpc) is 3.47. The molecule has 1 aliphatic heterocycles. The van der Waals surface area contributed by atoms with E-state index in [1.54, 1.807) is 12.2 Å². The number of nitrogens with zero attached hydrogens (tertiary/aromatic N) is 1. The maximum absolute atomic E-state index is 14.0. The summed E-state index contributed by atoms with van der Waals surface area (Å²) in [6, 6.07) is 23.7. The second kappa shape index (κ2) is 10.9. The fraction of sp³-hybridized carbons (Fsp3) is 0.162. The van der Waals surface area contributed by atoms with Crippen molar-refractivity contribution in [1.82, 2.24) is 0 Å². The molecule has 0 bridgehead atoms. The van der Waals surface area contributed by atoms with Crippen molar-refractivity contribution in [3.8, 4) is 11.1 Å². The fourth-order valence-corrected chi connectivity index (χ4v) is 6.37. The van der Waals surface area contributed by atoms with Gasteiger partial charge in [-0.15, -0.1) is 0 Å². The molecule has 6 nitrogen and oxygen atoms in total. The van der Waals surface area contributed by atoms with E-state index in [1.807, 2.05) is 89.8 Å². The number of ether oxygens (including phenoxy) is 2. The molecule has 0 unspecified atom stereocenters. The van der Waals surface area contributed by atoms with Gasteiger partial charge in [0.25, 0.3) is 0 Å². The van der Waals surface area contributed by atoms with Crippen molar-refractivity contribution >= 4 is 23.4 Å². The summed E-state index contributed by atoms with van der Waals surface area (Å²) >= 11 is 0. The number of esters is 2. The maximum atomic E-state index is 14.0. The summed E-state index contributed by atoms with van der Waals surface area (Å²) in [7, 11) is 2.65. The van der Waals surface area contributed by atoms with Gasteiger partial charge in [-0.25, -0.2) is 9.59 Å². The van der Waals surface area contributed by atoms with Crippen molar-refractivity contribution in [3.63, 3.8) is 0 Å². The Bertz CT molecular complexity index is 1770. The number of anilines is 1. The Hall–Kier alpha value is -5.23. The van der Waals surface area contributed by atoms with Gasteiger partial charge in [-0.1, -0.05) is 98.8 Å². The monoisotopic (exact) mass is 569 g/mol. The number of para-hydroxylation sites is 1. The molecule has 214 valence electrons.